The molecule has 0 fully saturated rings. The van der Waals surface area contributed by atoms with E-state index in [-0.39, 0.29) is 0 Å². The zero-order chi connectivity index (χ0) is 12.3. The van der Waals surface area contributed by atoms with Gasteiger partial charge in [-0.2, -0.15) is 0 Å². The number of hydrogen-bond acceptors (Lipinski definition) is 3. The van der Waals surface area contributed by atoms with Gasteiger partial charge < -0.3 is 14.4 Å². The molecule has 0 saturated carbocycles. The van der Waals surface area contributed by atoms with Crippen molar-refractivity contribution >= 4 is 0 Å². The Morgan fingerprint density at radius 1 is 1.35 bits per heavy atom. The first-order chi connectivity index (χ1) is 8.20. The highest BCUT2D eigenvalue weighted by molar-refractivity contribution is 5.28. The average Bonchev–Trinajstić information content (AvgIpc) is 2.75. The Kier molecular flexibility index (Phi) is 3.44. The molecule has 0 amide bonds. The number of aromatic nitrogens is 2. The van der Waals surface area contributed by atoms with Crippen molar-refractivity contribution in [1.29, 1.82) is 0 Å². The molecule has 1 unspecified atom stereocenters. The fourth-order valence-corrected chi connectivity index (χ4v) is 1.71. The predicted octanol–water partition coefficient (Wildman–Crippen LogP) is 1.93. The summed E-state index contributed by atoms with van der Waals surface area (Å²) in [6.07, 6.45) is 3.06. The van der Waals surface area contributed by atoms with Crippen LogP contribution < -0.4 is 4.74 Å². The highest BCUT2D eigenvalue weighted by atomic mass is 16.5. The number of hydrogen-bond donors (Lipinski definition) is 1. The SMILES string of the molecule is COc1ccc(C(O)Cn2ccnc2C)cc1. The van der Waals surface area contributed by atoms with Gasteiger partial charge in [0.15, 0.2) is 0 Å². The van der Waals surface area contributed by atoms with Gasteiger partial charge in [0.05, 0.1) is 19.8 Å². The fraction of sp³-hybridized carbons (Fsp3) is 0.308. The Hall–Kier alpha value is -1.81. The molecule has 90 valence electrons. The molecular weight excluding hydrogens is 216 g/mol. The average molecular weight is 232 g/mol. The lowest BCUT2D eigenvalue weighted by molar-refractivity contribution is 0.155. The van der Waals surface area contributed by atoms with E-state index in [0.717, 1.165) is 17.1 Å². The number of benzene rings is 1. The van der Waals surface area contributed by atoms with Gasteiger partial charge in [-0.3, -0.25) is 0 Å². The maximum Gasteiger partial charge on any atom is 0.118 e. The molecule has 0 radical (unpaired) electrons. The van der Waals surface area contributed by atoms with Gasteiger partial charge in [-0.05, 0) is 24.6 Å². The number of ether oxygens (including phenoxy) is 1. The monoisotopic (exact) mass is 232 g/mol. The van der Waals surface area contributed by atoms with Crippen LogP contribution in [0.2, 0.25) is 0 Å². The van der Waals surface area contributed by atoms with Gasteiger partial charge >= 0.3 is 0 Å². The van der Waals surface area contributed by atoms with Crippen molar-refractivity contribution in [2.75, 3.05) is 7.11 Å². The zero-order valence-electron chi connectivity index (χ0n) is 10.00. The zero-order valence-corrected chi connectivity index (χ0v) is 10.00. The molecule has 0 spiro atoms. The van der Waals surface area contributed by atoms with Gasteiger partial charge in [0.25, 0.3) is 0 Å². The molecule has 1 aromatic heterocycles. The number of nitrogens with zero attached hydrogens (tertiary/aromatic N) is 2. The molecule has 0 aliphatic carbocycles. The summed E-state index contributed by atoms with van der Waals surface area (Å²) in [6, 6.07) is 7.43. The van der Waals surface area contributed by atoms with Crippen LogP contribution in [-0.4, -0.2) is 21.8 Å². The third-order valence-corrected chi connectivity index (χ3v) is 2.79. The van der Waals surface area contributed by atoms with Crippen LogP contribution in [0.25, 0.3) is 0 Å². The molecule has 0 bridgehead atoms. The van der Waals surface area contributed by atoms with Crippen molar-refractivity contribution in [2.45, 2.75) is 19.6 Å². The van der Waals surface area contributed by atoms with Crippen molar-refractivity contribution in [3.05, 3.63) is 48.0 Å². The largest absolute Gasteiger partial charge is 0.497 e. The lowest BCUT2D eigenvalue weighted by Gasteiger charge is -2.13. The number of imidazole rings is 1. The molecule has 1 N–H and O–H groups in total. The normalized spacial score (nSPS) is 12.4. The molecule has 17 heavy (non-hydrogen) atoms. The third kappa shape index (κ3) is 2.65. The van der Waals surface area contributed by atoms with Gasteiger partial charge in [0.2, 0.25) is 0 Å². The summed E-state index contributed by atoms with van der Waals surface area (Å²) in [5.74, 6) is 1.69. The number of rotatable bonds is 4. The van der Waals surface area contributed by atoms with Gasteiger partial charge in [-0.1, -0.05) is 12.1 Å². The first-order valence-electron chi connectivity index (χ1n) is 5.50. The molecule has 0 aliphatic rings. The quantitative estimate of drug-likeness (QED) is 0.876. The topological polar surface area (TPSA) is 47.3 Å². The van der Waals surface area contributed by atoms with E-state index in [9.17, 15) is 5.11 Å². The first-order valence-corrected chi connectivity index (χ1v) is 5.50. The van der Waals surface area contributed by atoms with Crippen LogP contribution in [0.4, 0.5) is 0 Å². The summed E-state index contributed by atoms with van der Waals surface area (Å²) in [5, 5.41) is 10.1. The Bertz CT molecular complexity index is 476. The van der Waals surface area contributed by atoms with Gasteiger partial charge in [-0.15, -0.1) is 0 Å². The van der Waals surface area contributed by atoms with Crippen molar-refractivity contribution in [2.24, 2.45) is 0 Å². The Morgan fingerprint density at radius 3 is 2.59 bits per heavy atom. The Balaban J connectivity index is 2.09. The van der Waals surface area contributed by atoms with E-state index in [1.165, 1.54) is 0 Å². The Morgan fingerprint density at radius 2 is 2.06 bits per heavy atom. The van der Waals surface area contributed by atoms with Crippen molar-refractivity contribution < 1.29 is 9.84 Å². The molecule has 2 aromatic rings. The van der Waals surface area contributed by atoms with E-state index >= 15 is 0 Å². The fourth-order valence-electron chi connectivity index (χ4n) is 1.71. The summed E-state index contributed by atoms with van der Waals surface area (Å²) in [4.78, 5) is 4.12. The molecule has 1 heterocycles. The highest BCUT2D eigenvalue weighted by Crippen LogP contribution is 2.19. The second kappa shape index (κ2) is 5.01. The maximum atomic E-state index is 10.1. The summed E-state index contributed by atoms with van der Waals surface area (Å²) >= 11 is 0. The molecule has 1 atom stereocenters. The van der Waals surface area contributed by atoms with Crippen LogP contribution in [0.15, 0.2) is 36.7 Å². The van der Waals surface area contributed by atoms with Gasteiger partial charge in [0.1, 0.15) is 11.6 Å². The molecule has 0 saturated heterocycles. The second-order valence-corrected chi connectivity index (χ2v) is 3.92. The summed E-state index contributed by atoms with van der Waals surface area (Å²) in [7, 11) is 1.63. The minimum Gasteiger partial charge on any atom is -0.497 e. The van der Waals surface area contributed by atoms with E-state index in [4.69, 9.17) is 4.74 Å². The summed E-state index contributed by atoms with van der Waals surface area (Å²) in [6.45, 7) is 2.43. The first kappa shape index (κ1) is 11.7. The van der Waals surface area contributed by atoms with Crippen molar-refractivity contribution in [1.82, 2.24) is 9.55 Å². The number of aryl methyl sites for hydroxylation is 1. The lowest BCUT2D eigenvalue weighted by Crippen LogP contribution is -2.09. The number of aliphatic hydroxyl groups excluding tert-OH is 1. The van der Waals surface area contributed by atoms with E-state index in [1.54, 1.807) is 13.3 Å². The summed E-state index contributed by atoms with van der Waals surface area (Å²) in [5.41, 5.74) is 0.874. The van der Waals surface area contributed by atoms with Crippen LogP contribution in [0.5, 0.6) is 5.75 Å². The van der Waals surface area contributed by atoms with Crippen LogP contribution in [0.1, 0.15) is 17.5 Å². The van der Waals surface area contributed by atoms with Crippen LogP contribution in [-0.2, 0) is 6.54 Å². The molecule has 4 nitrogen and oxygen atoms in total. The van der Waals surface area contributed by atoms with Crippen molar-refractivity contribution in [3.63, 3.8) is 0 Å². The molecule has 4 heteroatoms. The smallest absolute Gasteiger partial charge is 0.118 e. The minimum absolute atomic E-state index is 0.512. The molecule has 0 aliphatic heterocycles. The van der Waals surface area contributed by atoms with E-state index < -0.39 is 6.10 Å². The van der Waals surface area contributed by atoms with E-state index in [0.29, 0.717) is 6.54 Å². The predicted molar refractivity (Wildman–Crippen MR) is 64.9 cm³/mol. The van der Waals surface area contributed by atoms with Gasteiger partial charge in [0, 0.05) is 12.4 Å². The third-order valence-electron chi connectivity index (χ3n) is 2.79. The minimum atomic E-state index is -0.534. The molecule has 2 rings (SSSR count). The van der Waals surface area contributed by atoms with Crippen LogP contribution >= 0.6 is 0 Å². The van der Waals surface area contributed by atoms with E-state index in [2.05, 4.69) is 4.98 Å². The van der Waals surface area contributed by atoms with Gasteiger partial charge in [-0.25, -0.2) is 4.98 Å². The standard InChI is InChI=1S/C13H16N2O2/c1-10-14-7-8-15(10)9-13(16)11-3-5-12(17-2)6-4-11/h3-8,13,16H,9H2,1-2H3. The summed E-state index contributed by atoms with van der Waals surface area (Å²) < 4.78 is 7.00. The molecule has 1 aromatic carbocycles. The maximum absolute atomic E-state index is 10.1. The van der Waals surface area contributed by atoms with E-state index in [1.807, 2.05) is 42.0 Å². The van der Waals surface area contributed by atoms with Crippen LogP contribution in [0.3, 0.4) is 0 Å². The lowest BCUT2D eigenvalue weighted by atomic mass is 10.1. The highest BCUT2D eigenvalue weighted by Gasteiger charge is 2.09. The van der Waals surface area contributed by atoms with Crippen molar-refractivity contribution in [3.8, 4) is 5.75 Å². The Labute approximate surface area is 100 Å². The molecular formula is C13H16N2O2. The van der Waals surface area contributed by atoms with Crippen LogP contribution in [0, 0.1) is 6.92 Å². The number of methoxy groups -OCH3 is 1. The second-order valence-electron chi connectivity index (χ2n) is 3.92. The number of aliphatic hydroxyl groups is 1.